The van der Waals surface area contributed by atoms with Crippen molar-refractivity contribution >= 4 is 11.9 Å². The van der Waals surface area contributed by atoms with Crippen molar-refractivity contribution in [3.05, 3.63) is 0 Å². The first-order chi connectivity index (χ1) is 5.11. The van der Waals surface area contributed by atoms with Crippen molar-refractivity contribution in [1.29, 1.82) is 0 Å². The molecule has 0 radical (unpaired) electrons. The van der Waals surface area contributed by atoms with Gasteiger partial charge >= 0.3 is 5.97 Å². The molecule has 0 aromatic rings. The standard InChI is InChI=1S/C5H11N3O3/c6-1-3(5(10)11)8-4(9)2-7/h3H,1-2,6-7H2,(H,8,9)(H,10,11)/t3-/m1/s1. The molecule has 64 valence electrons. The summed E-state index contributed by atoms with van der Waals surface area (Å²) < 4.78 is 0. The van der Waals surface area contributed by atoms with Crippen LogP contribution in [0.1, 0.15) is 0 Å². The van der Waals surface area contributed by atoms with Crippen LogP contribution in [-0.4, -0.2) is 36.1 Å². The lowest BCUT2D eigenvalue weighted by molar-refractivity contribution is -0.141. The van der Waals surface area contributed by atoms with Gasteiger partial charge in [-0.25, -0.2) is 4.79 Å². The van der Waals surface area contributed by atoms with Gasteiger partial charge in [-0.2, -0.15) is 0 Å². The number of carbonyl (C=O) groups excluding carboxylic acids is 1. The number of nitrogens with one attached hydrogen (secondary N) is 1. The fourth-order valence-corrected chi connectivity index (χ4v) is 0.475. The van der Waals surface area contributed by atoms with E-state index in [1.54, 1.807) is 0 Å². The van der Waals surface area contributed by atoms with Crippen LogP contribution in [0.5, 0.6) is 0 Å². The minimum atomic E-state index is -1.16. The third kappa shape index (κ3) is 3.54. The molecule has 1 atom stereocenters. The van der Waals surface area contributed by atoms with Gasteiger partial charge in [0.25, 0.3) is 0 Å². The van der Waals surface area contributed by atoms with E-state index in [1.807, 2.05) is 0 Å². The number of hydrogen-bond acceptors (Lipinski definition) is 4. The van der Waals surface area contributed by atoms with Crippen molar-refractivity contribution in [3.63, 3.8) is 0 Å². The molecule has 0 aliphatic heterocycles. The van der Waals surface area contributed by atoms with Crippen LogP contribution in [0.3, 0.4) is 0 Å². The summed E-state index contributed by atoms with van der Waals surface area (Å²) in [7, 11) is 0. The van der Waals surface area contributed by atoms with Crippen LogP contribution in [0, 0.1) is 0 Å². The molecule has 0 unspecified atom stereocenters. The fraction of sp³-hybridized carbons (Fsp3) is 0.600. The maximum absolute atomic E-state index is 10.5. The van der Waals surface area contributed by atoms with E-state index < -0.39 is 17.9 Å². The molecule has 0 aliphatic carbocycles. The number of aliphatic carboxylic acids is 1. The molecule has 6 nitrogen and oxygen atoms in total. The van der Waals surface area contributed by atoms with Crippen LogP contribution in [0.25, 0.3) is 0 Å². The summed E-state index contributed by atoms with van der Waals surface area (Å²) in [6.07, 6.45) is 0. The monoisotopic (exact) mass is 161 g/mol. The van der Waals surface area contributed by atoms with Gasteiger partial charge in [-0.05, 0) is 0 Å². The zero-order valence-corrected chi connectivity index (χ0v) is 5.91. The van der Waals surface area contributed by atoms with Gasteiger partial charge in [0.05, 0.1) is 6.54 Å². The number of nitrogens with two attached hydrogens (primary N) is 2. The van der Waals surface area contributed by atoms with Crippen LogP contribution >= 0.6 is 0 Å². The summed E-state index contributed by atoms with van der Waals surface area (Å²) in [6, 6.07) is -1.04. The highest BCUT2D eigenvalue weighted by Gasteiger charge is 2.16. The van der Waals surface area contributed by atoms with Crippen LogP contribution in [0.2, 0.25) is 0 Å². The molecule has 0 rings (SSSR count). The molecular formula is C5H11N3O3. The summed E-state index contributed by atoms with van der Waals surface area (Å²) in [5, 5.41) is 10.5. The van der Waals surface area contributed by atoms with Crippen molar-refractivity contribution in [3.8, 4) is 0 Å². The third-order valence-corrected chi connectivity index (χ3v) is 1.05. The van der Waals surface area contributed by atoms with Gasteiger partial charge in [0.15, 0.2) is 0 Å². The lowest BCUT2D eigenvalue weighted by Crippen LogP contribution is -2.47. The van der Waals surface area contributed by atoms with Crippen LogP contribution in [0.15, 0.2) is 0 Å². The lowest BCUT2D eigenvalue weighted by atomic mass is 10.3. The molecule has 0 aromatic carbocycles. The largest absolute Gasteiger partial charge is 0.480 e. The summed E-state index contributed by atoms with van der Waals surface area (Å²) >= 11 is 0. The van der Waals surface area contributed by atoms with E-state index in [0.29, 0.717) is 0 Å². The van der Waals surface area contributed by atoms with Crippen molar-refractivity contribution in [2.45, 2.75) is 6.04 Å². The Morgan fingerprint density at radius 1 is 1.45 bits per heavy atom. The van der Waals surface area contributed by atoms with Crippen LogP contribution in [0.4, 0.5) is 0 Å². The van der Waals surface area contributed by atoms with E-state index in [4.69, 9.17) is 16.6 Å². The second kappa shape index (κ2) is 4.64. The Kier molecular flexibility index (Phi) is 4.16. The van der Waals surface area contributed by atoms with Crippen LogP contribution in [-0.2, 0) is 9.59 Å². The molecule has 0 spiro atoms. The fourth-order valence-electron chi connectivity index (χ4n) is 0.475. The minimum absolute atomic E-state index is 0.138. The van der Waals surface area contributed by atoms with Gasteiger partial charge in [0, 0.05) is 6.54 Å². The molecule has 1 amide bonds. The molecule has 0 fully saturated rings. The van der Waals surface area contributed by atoms with Gasteiger partial charge < -0.3 is 21.9 Å². The van der Waals surface area contributed by atoms with Crippen molar-refractivity contribution in [2.24, 2.45) is 11.5 Å². The molecule has 0 bridgehead atoms. The zero-order valence-electron chi connectivity index (χ0n) is 5.91. The Morgan fingerprint density at radius 2 is 2.00 bits per heavy atom. The van der Waals surface area contributed by atoms with E-state index in [0.717, 1.165) is 0 Å². The van der Waals surface area contributed by atoms with E-state index in [1.165, 1.54) is 0 Å². The van der Waals surface area contributed by atoms with Gasteiger partial charge in [-0.15, -0.1) is 0 Å². The van der Waals surface area contributed by atoms with Crippen molar-refractivity contribution in [2.75, 3.05) is 13.1 Å². The average molecular weight is 161 g/mol. The number of amides is 1. The Balaban J connectivity index is 3.88. The highest BCUT2D eigenvalue weighted by atomic mass is 16.4. The lowest BCUT2D eigenvalue weighted by Gasteiger charge is -2.10. The summed E-state index contributed by atoms with van der Waals surface area (Å²) in [4.78, 5) is 20.8. The smallest absolute Gasteiger partial charge is 0.327 e. The SMILES string of the molecule is NCC(=O)N[C@H](CN)C(=O)O. The minimum Gasteiger partial charge on any atom is -0.480 e. The molecule has 0 aliphatic rings. The number of carbonyl (C=O) groups is 2. The predicted octanol–water partition coefficient (Wildman–Crippen LogP) is -2.53. The molecule has 0 heterocycles. The summed E-state index contributed by atoms with van der Waals surface area (Å²) in [5.74, 6) is -1.68. The quantitative estimate of drug-likeness (QED) is 0.362. The molecule has 6 N–H and O–H groups in total. The first-order valence-electron chi connectivity index (χ1n) is 3.04. The van der Waals surface area contributed by atoms with Gasteiger partial charge in [0.2, 0.25) is 5.91 Å². The first-order valence-corrected chi connectivity index (χ1v) is 3.04. The molecule has 0 saturated heterocycles. The molecular weight excluding hydrogens is 150 g/mol. The van der Waals surface area contributed by atoms with E-state index in [2.05, 4.69) is 5.32 Å². The van der Waals surface area contributed by atoms with Gasteiger partial charge in [-0.1, -0.05) is 0 Å². The Labute approximate surface area is 63.5 Å². The average Bonchev–Trinajstić information content (AvgIpc) is 1.99. The zero-order chi connectivity index (χ0) is 8.85. The highest BCUT2D eigenvalue weighted by molar-refractivity contribution is 5.84. The Morgan fingerprint density at radius 3 is 2.27 bits per heavy atom. The first kappa shape index (κ1) is 9.86. The maximum atomic E-state index is 10.5. The summed E-state index contributed by atoms with van der Waals surface area (Å²) in [5.41, 5.74) is 9.97. The van der Waals surface area contributed by atoms with E-state index >= 15 is 0 Å². The van der Waals surface area contributed by atoms with Gasteiger partial charge in [0.1, 0.15) is 6.04 Å². The normalized spacial score (nSPS) is 12.2. The third-order valence-electron chi connectivity index (χ3n) is 1.05. The number of carboxylic acid groups (broad SMARTS) is 1. The molecule has 11 heavy (non-hydrogen) atoms. The highest BCUT2D eigenvalue weighted by Crippen LogP contribution is 1.78. The molecule has 6 heteroatoms. The van der Waals surface area contributed by atoms with Crippen LogP contribution < -0.4 is 16.8 Å². The molecule has 0 saturated carbocycles. The number of hydrogen-bond donors (Lipinski definition) is 4. The topological polar surface area (TPSA) is 118 Å². The number of rotatable bonds is 4. The maximum Gasteiger partial charge on any atom is 0.327 e. The van der Waals surface area contributed by atoms with Crippen molar-refractivity contribution < 1.29 is 14.7 Å². The Bertz CT molecular complexity index is 159. The van der Waals surface area contributed by atoms with Gasteiger partial charge in [-0.3, -0.25) is 4.79 Å². The second-order valence-electron chi connectivity index (χ2n) is 1.90. The van der Waals surface area contributed by atoms with E-state index in [-0.39, 0.29) is 13.1 Å². The number of carboxylic acids is 1. The van der Waals surface area contributed by atoms with Crippen molar-refractivity contribution in [1.82, 2.24) is 5.32 Å². The van der Waals surface area contributed by atoms with E-state index in [9.17, 15) is 9.59 Å². The Hall–Kier alpha value is -1.14. The predicted molar refractivity (Wildman–Crippen MR) is 37.7 cm³/mol. The molecule has 0 aromatic heterocycles. The summed E-state index contributed by atoms with van der Waals surface area (Å²) in [6.45, 7) is -0.370. The second-order valence-corrected chi connectivity index (χ2v) is 1.90.